The van der Waals surface area contributed by atoms with Crippen LogP contribution in [0.4, 0.5) is 4.39 Å². The first kappa shape index (κ1) is 24.4. The van der Waals surface area contributed by atoms with Crippen LogP contribution in [0.3, 0.4) is 0 Å². The Labute approximate surface area is 203 Å². The van der Waals surface area contributed by atoms with E-state index < -0.39 is 6.17 Å². The first-order valence-electron chi connectivity index (χ1n) is 14.0. The Hall–Kier alpha value is -1.25. The van der Waals surface area contributed by atoms with Gasteiger partial charge in [-0.3, -0.25) is 9.59 Å². The van der Waals surface area contributed by atoms with Gasteiger partial charge in [0.05, 0.1) is 12.1 Å². The van der Waals surface area contributed by atoms with Gasteiger partial charge in [0.1, 0.15) is 6.17 Å². The van der Waals surface area contributed by atoms with Crippen molar-refractivity contribution in [1.29, 1.82) is 0 Å². The van der Waals surface area contributed by atoms with E-state index in [1.807, 2.05) is 4.90 Å². The van der Waals surface area contributed by atoms with E-state index in [9.17, 15) is 14.0 Å². The van der Waals surface area contributed by atoms with Crippen LogP contribution < -0.4 is 21.3 Å². The molecule has 0 spiro atoms. The highest BCUT2D eigenvalue weighted by atomic mass is 19.1. The summed E-state index contributed by atoms with van der Waals surface area (Å²) >= 11 is 0. The molecule has 7 nitrogen and oxygen atoms in total. The summed E-state index contributed by atoms with van der Waals surface area (Å²) < 4.78 is 13.7. The first-order valence-corrected chi connectivity index (χ1v) is 14.0. The van der Waals surface area contributed by atoms with Crippen molar-refractivity contribution in [2.75, 3.05) is 32.7 Å². The normalized spacial score (nSPS) is 38.4. The van der Waals surface area contributed by atoms with Gasteiger partial charge in [-0.15, -0.1) is 0 Å². The first-order chi connectivity index (χ1) is 16.6. The van der Waals surface area contributed by atoms with Crippen molar-refractivity contribution in [3.05, 3.63) is 0 Å². The Balaban J connectivity index is 0.935. The van der Waals surface area contributed by atoms with E-state index >= 15 is 0 Å². The van der Waals surface area contributed by atoms with Crippen LogP contribution in [0.1, 0.15) is 70.6 Å². The monoisotopic (exact) mass is 477 g/mol. The Bertz CT molecular complexity index is 701. The summed E-state index contributed by atoms with van der Waals surface area (Å²) in [7, 11) is 0. The van der Waals surface area contributed by atoms with Gasteiger partial charge in [-0.25, -0.2) is 4.39 Å². The molecular formula is C26H44FN5O2. The van der Waals surface area contributed by atoms with Gasteiger partial charge in [0.25, 0.3) is 0 Å². The molecule has 192 valence electrons. The smallest absolute Gasteiger partial charge is 0.239 e. The van der Waals surface area contributed by atoms with E-state index in [-0.39, 0.29) is 23.9 Å². The predicted octanol–water partition coefficient (Wildman–Crippen LogP) is 1.72. The maximum atomic E-state index is 13.7. The molecule has 5 fully saturated rings. The van der Waals surface area contributed by atoms with Crippen LogP contribution in [-0.2, 0) is 9.59 Å². The van der Waals surface area contributed by atoms with Gasteiger partial charge in [-0.1, -0.05) is 12.8 Å². The summed E-state index contributed by atoms with van der Waals surface area (Å²) in [4.78, 5) is 27.6. The second-order valence-corrected chi connectivity index (χ2v) is 11.6. The third kappa shape index (κ3) is 5.76. The van der Waals surface area contributed by atoms with Crippen LogP contribution in [0, 0.1) is 17.8 Å². The van der Waals surface area contributed by atoms with E-state index in [0.29, 0.717) is 42.7 Å². The molecule has 5 aliphatic rings. The van der Waals surface area contributed by atoms with Crippen LogP contribution in [0.15, 0.2) is 0 Å². The lowest BCUT2D eigenvalue weighted by Crippen LogP contribution is -2.48. The minimum absolute atomic E-state index is 0.0199. The van der Waals surface area contributed by atoms with Gasteiger partial charge in [-0.2, -0.15) is 0 Å². The number of likely N-dealkylation sites (tertiary alicyclic amines) is 1. The van der Waals surface area contributed by atoms with Gasteiger partial charge in [0.2, 0.25) is 11.8 Å². The molecule has 4 N–H and O–H groups in total. The number of hydrogen-bond donors (Lipinski definition) is 4. The number of nitrogens with zero attached hydrogens (tertiary/aromatic N) is 1. The van der Waals surface area contributed by atoms with Gasteiger partial charge in [-0.05, 0) is 88.6 Å². The fourth-order valence-corrected chi connectivity index (χ4v) is 7.25. The molecule has 4 heterocycles. The van der Waals surface area contributed by atoms with Crippen molar-refractivity contribution in [3.63, 3.8) is 0 Å². The molecule has 0 bridgehead atoms. The van der Waals surface area contributed by atoms with E-state index in [2.05, 4.69) is 21.3 Å². The molecule has 0 aromatic carbocycles. The van der Waals surface area contributed by atoms with Crippen LogP contribution in [0.5, 0.6) is 0 Å². The molecule has 7 atom stereocenters. The van der Waals surface area contributed by atoms with E-state index in [1.165, 1.54) is 6.42 Å². The molecule has 34 heavy (non-hydrogen) atoms. The van der Waals surface area contributed by atoms with Crippen molar-refractivity contribution in [2.24, 2.45) is 17.8 Å². The van der Waals surface area contributed by atoms with Gasteiger partial charge < -0.3 is 26.2 Å². The minimum Gasteiger partial charge on any atom is -0.355 e. The molecule has 1 saturated carbocycles. The molecule has 5 rings (SSSR count). The lowest BCUT2D eigenvalue weighted by atomic mass is 9.84. The summed E-state index contributed by atoms with van der Waals surface area (Å²) in [5.41, 5.74) is 0. The number of carbonyl (C=O) groups is 2. The SMILES string of the molecule is O=C(NCCCCC1CCN(C(=O)C2CC3CC(F)CCC3N2)CC1)C1CC2CNCCC2N1. The number of amides is 2. The Morgan fingerprint density at radius 2 is 1.65 bits per heavy atom. The van der Waals surface area contributed by atoms with Crippen molar-refractivity contribution >= 4 is 11.8 Å². The number of halogens is 1. The number of piperidine rings is 2. The van der Waals surface area contributed by atoms with Crippen LogP contribution in [-0.4, -0.2) is 79.8 Å². The molecule has 7 unspecified atom stereocenters. The largest absolute Gasteiger partial charge is 0.355 e. The molecule has 0 aromatic heterocycles. The summed E-state index contributed by atoms with van der Waals surface area (Å²) in [6, 6.07) is 0.721. The molecule has 2 amide bonds. The fraction of sp³-hybridized carbons (Fsp3) is 0.923. The molecule has 1 aliphatic carbocycles. The van der Waals surface area contributed by atoms with Crippen molar-refractivity contribution in [2.45, 2.75) is 101 Å². The highest BCUT2D eigenvalue weighted by Gasteiger charge is 2.42. The fourth-order valence-electron chi connectivity index (χ4n) is 7.25. The average Bonchev–Trinajstić information content (AvgIpc) is 3.47. The van der Waals surface area contributed by atoms with Crippen LogP contribution in [0.25, 0.3) is 0 Å². The van der Waals surface area contributed by atoms with Crippen molar-refractivity contribution in [3.8, 4) is 0 Å². The Kier molecular flexibility index (Phi) is 8.06. The van der Waals surface area contributed by atoms with E-state index in [0.717, 1.165) is 84.1 Å². The zero-order chi connectivity index (χ0) is 23.5. The third-order valence-corrected chi connectivity index (χ3v) is 9.31. The standard InChI is InChI=1S/C26H44FN5O2/c27-20-4-5-21-18(13-20)14-24(31-21)26(34)32-11-7-17(8-12-32)3-1-2-9-29-25(33)23-15-19-16-28-10-6-22(19)30-23/h17-24,28,30-31H,1-16H2,(H,29,33). The summed E-state index contributed by atoms with van der Waals surface area (Å²) in [5, 5.41) is 13.6. The summed E-state index contributed by atoms with van der Waals surface area (Å²) in [6.45, 7) is 4.55. The summed E-state index contributed by atoms with van der Waals surface area (Å²) in [6.07, 6.45) is 9.82. The van der Waals surface area contributed by atoms with Gasteiger partial charge in [0, 0.05) is 31.7 Å². The van der Waals surface area contributed by atoms with Crippen molar-refractivity contribution < 1.29 is 14.0 Å². The maximum absolute atomic E-state index is 13.7. The van der Waals surface area contributed by atoms with Gasteiger partial charge in [0.15, 0.2) is 0 Å². The van der Waals surface area contributed by atoms with E-state index in [1.54, 1.807) is 0 Å². The number of rotatable bonds is 7. The topological polar surface area (TPSA) is 85.5 Å². The number of carbonyl (C=O) groups excluding carboxylic acids is 2. The zero-order valence-corrected chi connectivity index (χ0v) is 20.6. The molecule has 0 aromatic rings. The Morgan fingerprint density at radius 1 is 0.882 bits per heavy atom. The number of alkyl halides is 1. The number of nitrogens with one attached hydrogen (secondary N) is 4. The number of unbranched alkanes of at least 4 members (excludes halogenated alkanes) is 1. The molecule has 4 saturated heterocycles. The zero-order valence-electron chi connectivity index (χ0n) is 20.6. The quantitative estimate of drug-likeness (QED) is 0.420. The Morgan fingerprint density at radius 3 is 2.47 bits per heavy atom. The third-order valence-electron chi connectivity index (χ3n) is 9.31. The highest BCUT2D eigenvalue weighted by Crippen LogP contribution is 2.35. The van der Waals surface area contributed by atoms with E-state index in [4.69, 9.17) is 0 Å². The predicted molar refractivity (Wildman–Crippen MR) is 130 cm³/mol. The molecular weight excluding hydrogens is 433 g/mol. The van der Waals surface area contributed by atoms with Crippen LogP contribution >= 0.6 is 0 Å². The summed E-state index contributed by atoms with van der Waals surface area (Å²) in [5.74, 6) is 2.02. The molecule has 0 radical (unpaired) electrons. The second kappa shape index (κ2) is 11.2. The number of fused-ring (bicyclic) bond motifs is 2. The van der Waals surface area contributed by atoms with Crippen LogP contribution in [0.2, 0.25) is 0 Å². The van der Waals surface area contributed by atoms with Gasteiger partial charge >= 0.3 is 0 Å². The minimum atomic E-state index is -0.679. The molecule has 8 heteroatoms. The number of hydrogen-bond acceptors (Lipinski definition) is 5. The average molecular weight is 478 g/mol. The highest BCUT2D eigenvalue weighted by molar-refractivity contribution is 5.82. The molecule has 4 aliphatic heterocycles. The lowest BCUT2D eigenvalue weighted by molar-refractivity contribution is -0.134. The second-order valence-electron chi connectivity index (χ2n) is 11.6. The maximum Gasteiger partial charge on any atom is 0.239 e. The lowest BCUT2D eigenvalue weighted by Gasteiger charge is -2.33. The van der Waals surface area contributed by atoms with Crippen molar-refractivity contribution in [1.82, 2.24) is 26.2 Å².